The number of fused-ring (bicyclic) bond motifs is 1. The van der Waals surface area contributed by atoms with Gasteiger partial charge in [0.05, 0.1) is 0 Å². The van der Waals surface area contributed by atoms with Crippen LogP contribution in [0.4, 0.5) is 4.79 Å². The van der Waals surface area contributed by atoms with Crippen molar-refractivity contribution >= 4 is 39.3 Å². The van der Waals surface area contributed by atoms with E-state index in [1.165, 1.54) is 30.6 Å². The zero-order valence-electron chi connectivity index (χ0n) is 16.1. The van der Waals surface area contributed by atoms with Gasteiger partial charge < -0.3 is 10.1 Å². The van der Waals surface area contributed by atoms with Crippen molar-refractivity contribution in [3.05, 3.63) is 35.2 Å². The highest BCUT2D eigenvalue weighted by molar-refractivity contribution is 7.20. The topological polar surface area (TPSA) is 84.5 Å². The van der Waals surface area contributed by atoms with E-state index in [0.717, 1.165) is 29.3 Å². The van der Waals surface area contributed by atoms with Crippen LogP contribution in [0.5, 0.6) is 0 Å². The second-order valence-electron chi connectivity index (χ2n) is 8.92. The van der Waals surface area contributed by atoms with Gasteiger partial charge in [0.1, 0.15) is 4.88 Å². The van der Waals surface area contributed by atoms with Gasteiger partial charge in [-0.1, -0.05) is 18.2 Å². The molecule has 6 rings (SSSR count). The highest BCUT2D eigenvalue weighted by Crippen LogP contribution is 2.55. The van der Waals surface area contributed by atoms with Gasteiger partial charge in [0.2, 0.25) is 0 Å². The lowest BCUT2D eigenvalue weighted by Gasteiger charge is -2.56. The molecule has 0 spiro atoms. The average Bonchev–Trinajstić information content (AvgIpc) is 3.08. The summed E-state index contributed by atoms with van der Waals surface area (Å²) in [6, 6.07) is 8.93. The number of urea groups is 1. The zero-order valence-corrected chi connectivity index (χ0v) is 16.9. The Labute approximate surface area is 173 Å². The summed E-state index contributed by atoms with van der Waals surface area (Å²) in [5.41, 5.74) is -0.160. The number of benzene rings is 1. The molecule has 4 fully saturated rings. The normalized spacial score (nSPS) is 29.6. The largest absolute Gasteiger partial charge is 0.451 e. The lowest BCUT2D eigenvalue weighted by Crippen LogP contribution is -2.62. The van der Waals surface area contributed by atoms with Crippen LogP contribution in [-0.4, -0.2) is 30.1 Å². The van der Waals surface area contributed by atoms with Crippen molar-refractivity contribution in [1.29, 1.82) is 0 Å². The summed E-state index contributed by atoms with van der Waals surface area (Å²) in [5.74, 6) is 0.961. The van der Waals surface area contributed by atoms with Crippen molar-refractivity contribution in [3.63, 3.8) is 0 Å². The lowest BCUT2D eigenvalue weighted by molar-refractivity contribution is -0.123. The summed E-state index contributed by atoms with van der Waals surface area (Å²) < 4.78 is 6.08. The van der Waals surface area contributed by atoms with Crippen LogP contribution in [0.2, 0.25) is 0 Å². The van der Waals surface area contributed by atoms with Crippen LogP contribution in [-0.2, 0) is 9.53 Å². The molecule has 3 amide bonds. The number of esters is 1. The van der Waals surface area contributed by atoms with Gasteiger partial charge in [-0.25, -0.2) is 9.59 Å². The van der Waals surface area contributed by atoms with Crippen LogP contribution in [0.1, 0.15) is 48.2 Å². The van der Waals surface area contributed by atoms with Crippen molar-refractivity contribution in [2.45, 2.75) is 44.1 Å². The number of hydrogen-bond donors (Lipinski definition) is 2. The second-order valence-corrected chi connectivity index (χ2v) is 10.0. The minimum Gasteiger partial charge on any atom is -0.451 e. The molecular formula is C22H24N2O4S. The summed E-state index contributed by atoms with van der Waals surface area (Å²) in [6.07, 6.45) is 6.91. The molecule has 29 heavy (non-hydrogen) atoms. The van der Waals surface area contributed by atoms with E-state index in [0.29, 0.717) is 22.6 Å². The molecule has 2 N–H and O–H groups in total. The Morgan fingerprint density at radius 2 is 1.69 bits per heavy atom. The smallest absolute Gasteiger partial charge is 0.348 e. The fourth-order valence-electron chi connectivity index (χ4n) is 5.98. The lowest BCUT2D eigenvalue weighted by atomic mass is 9.53. The van der Waals surface area contributed by atoms with E-state index in [2.05, 4.69) is 10.6 Å². The average molecular weight is 413 g/mol. The highest BCUT2D eigenvalue weighted by atomic mass is 32.1. The molecule has 1 aromatic heterocycles. The minimum absolute atomic E-state index is 0.160. The molecule has 6 nitrogen and oxygen atoms in total. The van der Waals surface area contributed by atoms with Gasteiger partial charge in [-0.2, -0.15) is 0 Å². The maximum absolute atomic E-state index is 12.4. The van der Waals surface area contributed by atoms with E-state index in [9.17, 15) is 14.4 Å². The summed E-state index contributed by atoms with van der Waals surface area (Å²) in [7, 11) is 0. The van der Waals surface area contributed by atoms with Crippen LogP contribution in [0.25, 0.3) is 10.1 Å². The van der Waals surface area contributed by atoms with Crippen molar-refractivity contribution in [2.75, 3.05) is 6.61 Å². The third-order valence-electron chi connectivity index (χ3n) is 6.63. The van der Waals surface area contributed by atoms with Gasteiger partial charge in [-0.3, -0.25) is 10.1 Å². The van der Waals surface area contributed by atoms with E-state index in [1.807, 2.05) is 24.3 Å². The van der Waals surface area contributed by atoms with E-state index >= 15 is 0 Å². The second kappa shape index (κ2) is 7.13. The summed E-state index contributed by atoms with van der Waals surface area (Å²) >= 11 is 1.32. The molecule has 1 aromatic carbocycles. The first-order valence-corrected chi connectivity index (χ1v) is 11.1. The third-order valence-corrected chi connectivity index (χ3v) is 7.73. The molecular weight excluding hydrogens is 388 g/mol. The first kappa shape index (κ1) is 18.6. The Balaban J connectivity index is 1.13. The number of amides is 3. The molecule has 4 aliphatic rings. The molecule has 2 aromatic rings. The van der Waals surface area contributed by atoms with Crippen LogP contribution in [0, 0.1) is 17.8 Å². The van der Waals surface area contributed by atoms with E-state index in [1.54, 1.807) is 6.07 Å². The number of thiophene rings is 1. The number of imide groups is 1. The van der Waals surface area contributed by atoms with Gasteiger partial charge in [0, 0.05) is 10.2 Å². The van der Waals surface area contributed by atoms with E-state index < -0.39 is 24.5 Å². The molecule has 7 heteroatoms. The SMILES string of the molecule is O=C(COC(=O)c1cc2ccccc2s1)NC(=O)NC12CC3CC(CC(C3)C1)C2. The Hall–Kier alpha value is -2.41. The minimum atomic E-state index is -0.610. The number of ether oxygens (including phenoxy) is 1. The number of carbonyl (C=O) groups excluding carboxylic acids is 3. The van der Waals surface area contributed by atoms with Gasteiger partial charge in [0.25, 0.3) is 5.91 Å². The molecule has 0 atom stereocenters. The molecule has 4 bridgehead atoms. The summed E-state index contributed by atoms with van der Waals surface area (Å²) in [5, 5.41) is 6.37. The summed E-state index contributed by atoms with van der Waals surface area (Å²) in [6.45, 7) is -0.471. The van der Waals surface area contributed by atoms with Crippen LogP contribution < -0.4 is 10.6 Å². The van der Waals surface area contributed by atoms with Crippen molar-refractivity contribution in [1.82, 2.24) is 10.6 Å². The predicted molar refractivity (Wildman–Crippen MR) is 110 cm³/mol. The Morgan fingerprint density at radius 3 is 2.34 bits per heavy atom. The van der Waals surface area contributed by atoms with Gasteiger partial charge in [0.15, 0.2) is 6.61 Å². The quantitative estimate of drug-likeness (QED) is 0.747. The monoisotopic (exact) mass is 412 g/mol. The molecule has 4 saturated carbocycles. The Morgan fingerprint density at radius 1 is 1.03 bits per heavy atom. The predicted octanol–water partition coefficient (Wildman–Crippen LogP) is 3.85. The van der Waals surface area contributed by atoms with Crippen molar-refractivity contribution in [3.8, 4) is 0 Å². The van der Waals surface area contributed by atoms with Crippen molar-refractivity contribution < 1.29 is 19.1 Å². The zero-order chi connectivity index (χ0) is 20.0. The first-order chi connectivity index (χ1) is 14.0. The van der Waals surface area contributed by atoms with Crippen LogP contribution in [0.3, 0.4) is 0 Å². The number of hydrogen-bond acceptors (Lipinski definition) is 5. The molecule has 0 unspecified atom stereocenters. The fourth-order valence-corrected chi connectivity index (χ4v) is 6.94. The molecule has 4 aliphatic carbocycles. The Kier molecular flexibility index (Phi) is 4.57. The molecule has 1 heterocycles. The maximum Gasteiger partial charge on any atom is 0.348 e. The van der Waals surface area contributed by atoms with Gasteiger partial charge >= 0.3 is 12.0 Å². The van der Waals surface area contributed by atoms with E-state index in [-0.39, 0.29) is 5.54 Å². The number of nitrogens with one attached hydrogen (secondary N) is 2. The van der Waals surface area contributed by atoms with Gasteiger partial charge in [-0.15, -0.1) is 11.3 Å². The molecule has 0 aliphatic heterocycles. The van der Waals surface area contributed by atoms with Gasteiger partial charge in [-0.05, 0) is 73.8 Å². The summed E-state index contributed by atoms with van der Waals surface area (Å²) in [4.78, 5) is 37.1. The third kappa shape index (κ3) is 3.75. The molecule has 0 saturated heterocycles. The van der Waals surface area contributed by atoms with E-state index in [4.69, 9.17) is 4.74 Å². The highest BCUT2D eigenvalue weighted by Gasteiger charge is 2.51. The number of carbonyl (C=O) groups is 3. The number of rotatable bonds is 4. The molecule has 0 radical (unpaired) electrons. The van der Waals surface area contributed by atoms with Crippen LogP contribution in [0.15, 0.2) is 30.3 Å². The fraction of sp³-hybridized carbons (Fsp3) is 0.500. The van der Waals surface area contributed by atoms with Crippen molar-refractivity contribution in [2.24, 2.45) is 17.8 Å². The first-order valence-electron chi connectivity index (χ1n) is 10.3. The molecule has 152 valence electrons. The maximum atomic E-state index is 12.4. The standard InChI is InChI=1S/C22H24N2O4S/c25-19(12-28-20(26)18-8-16-3-1-2-4-17(16)29-18)23-21(27)24-22-9-13-5-14(10-22)7-15(6-13)11-22/h1-4,8,13-15H,5-7,9-12H2,(H2,23,24,25,27). The van der Waals surface area contributed by atoms with Crippen LogP contribution >= 0.6 is 11.3 Å². The Bertz CT molecular complexity index is 914.